The minimum Gasteiger partial charge on any atom is -0.456 e. The SMILES string of the molecule is c1ccc(N(c2ccc(-c3cccc(-c4cccc5ccccc45)c3)cc2)c2ccc(-c3ccc4oc5ccccc5c4c3)cc2)cc1. The molecule has 0 saturated carbocycles. The predicted octanol–water partition coefficient (Wildman–Crippen LogP) is 13.2. The van der Waals surface area contributed by atoms with Gasteiger partial charge in [-0.25, -0.2) is 0 Å². The number of furan rings is 1. The van der Waals surface area contributed by atoms with Crippen LogP contribution in [0.5, 0.6) is 0 Å². The van der Waals surface area contributed by atoms with Crippen molar-refractivity contribution in [1.82, 2.24) is 0 Å². The van der Waals surface area contributed by atoms with Crippen molar-refractivity contribution in [3.63, 3.8) is 0 Å². The van der Waals surface area contributed by atoms with Gasteiger partial charge in [0.2, 0.25) is 0 Å². The normalized spacial score (nSPS) is 11.3. The van der Waals surface area contributed by atoms with Crippen LogP contribution < -0.4 is 4.90 Å². The lowest BCUT2D eigenvalue weighted by Gasteiger charge is -2.26. The Bertz CT molecular complexity index is 2540. The van der Waals surface area contributed by atoms with Gasteiger partial charge in [-0.2, -0.15) is 0 Å². The molecule has 0 saturated heterocycles. The second-order valence-corrected chi connectivity index (χ2v) is 12.2. The number of nitrogens with zero attached hydrogens (tertiary/aromatic N) is 1. The van der Waals surface area contributed by atoms with E-state index in [1.54, 1.807) is 0 Å². The quantitative estimate of drug-likeness (QED) is 0.185. The summed E-state index contributed by atoms with van der Waals surface area (Å²) in [4.78, 5) is 2.31. The van der Waals surface area contributed by atoms with Gasteiger partial charge in [0.25, 0.3) is 0 Å². The summed E-state index contributed by atoms with van der Waals surface area (Å²) in [7, 11) is 0. The van der Waals surface area contributed by atoms with Crippen LogP contribution in [-0.4, -0.2) is 0 Å². The Labute approximate surface area is 279 Å². The van der Waals surface area contributed by atoms with Crippen molar-refractivity contribution in [3.8, 4) is 33.4 Å². The molecule has 0 bridgehead atoms. The summed E-state index contributed by atoms with van der Waals surface area (Å²) in [5, 5.41) is 4.81. The van der Waals surface area contributed by atoms with Crippen molar-refractivity contribution in [2.75, 3.05) is 4.90 Å². The van der Waals surface area contributed by atoms with Crippen LogP contribution in [0.25, 0.3) is 66.1 Å². The van der Waals surface area contributed by atoms with Gasteiger partial charge in [0.05, 0.1) is 0 Å². The first-order valence-corrected chi connectivity index (χ1v) is 16.3. The lowest BCUT2D eigenvalue weighted by Crippen LogP contribution is -2.09. The Kier molecular flexibility index (Phi) is 6.84. The maximum atomic E-state index is 6.06. The molecule has 8 aromatic carbocycles. The third-order valence-corrected chi connectivity index (χ3v) is 9.27. The van der Waals surface area contributed by atoms with Crippen LogP contribution in [0.1, 0.15) is 0 Å². The zero-order chi connectivity index (χ0) is 31.9. The molecule has 48 heavy (non-hydrogen) atoms. The first kappa shape index (κ1) is 27.9. The van der Waals surface area contributed by atoms with Crippen LogP contribution in [0.4, 0.5) is 17.1 Å². The van der Waals surface area contributed by atoms with Gasteiger partial charge >= 0.3 is 0 Å². The summed E-state index contributed by atoms with van der Waals surface area (Å²) in [6, 6.07) is 67.0. The molecule has 2 nitrogen and oxygen atoms in total. The molecule has 1 heterocycles. The number of fused-ring (bicyclic) bond motifs is 4. The summed E-state index contributed by atoms with van der Waals surface area (Å²) in [6.07, 6.45) is 0. The largest absolute Gasteiger partial charge is 0.456 e. The van der Waals surface area contributed by atoms with E-state index >= 15 is 0 Å². The van der Waals surface area contributed by atoms with Crippen molar-refractivity contribution in [3.05, 3.63) is 188 Å². The summed E-state index contributed by atoms with van der Waals surface area (Å²) in [5.74, 6) is 0. The van der Waals surface area contributed by atoms with Crippen molar-refractivity contribution in [2.24, 2.45) is 0 Å². The lowest BCUT2D eigenvalue weighted by molar-refractivity contribution is 0.669. The highest BCUT2D eigenvalue weighted by molar-refractivity contribution is 6.06. The molecule has 1 aromatic heterocycles. The molecule has 0 aliphatic heterocycles. The highest BCUT2D eigenvalue weighted by atomic mass is 16.3. The Morgan fingerprint density at radius 2 is 0.854 bits per heavy atom. The molecular weight excluding hydrogens is 583 g/mol. The third kappa shape index (κ3) is 5.01. The first-order chi connectivity index (χ1) is 23.8. The van der Waals surface area contributed by atoms with Gasteiger partial charge in [0, 0.05) is 27.8 Å². The van der Waals surface area contributed by atoms with E-state index in [1.165, 1.54) is 44.2 Å². The van der Waals surface area contributed by atoms with Crippen LogP contribution in [0, 0.1) is 0 Å². The van der Waals surface area contributed by atoms with E-state index in [1.807, 2.05) is 12.1 Å². The van der Waals surface area contributed by atoms with Crippen LogP contribution >= 0.6 is 0 Å². The Morgan fingerprint density at radius 1 is 0.312 bits per heavy atom. The van der Waals surface area contributed by atoms with Crippen LogP contribution in [0.3, 0.4) is 0 Å². The Morgan fingerprint density at radius 3 is 1.62 bits per heavy atom. The van der Waals surface area contributed by atoms with E-state index in [9.17, 15) is 0 Å². The molecule has 0 fully saturated rings. The third-order valence-electron chi connectivity index (χ3n) is 9.27. The molecule has 9 aromatic rings. The second kappa shape index (κ2) is 11.8. The predicted molar refractivity (Wildman–Crippen MR) is 202 cm³/mol. The van der Waals surface area contributed by atoms with E-state index in [0.29, 0.717) is 0 Å². The van der Waals surface area contributed by atoms with Crippen LogP contribution in [0.2, 0.25) is 0 Å². The standard InChI is InChI=1S/C46H31NO/c1-2-14-38(15-3-1)47(40-27-22-33(23-28-40)36-24-29-46-44(31-36)43-17-6-7-19-45(43)48-46)39-25-20-32(21-26-39)35-12-8-13-37(30-35)42-18-9-11-34-10-4-5-16-41(34)42/h1-31H. The highest BCUT2D eigenvalue weighted by Crippen LogP contribution is 2.38. The molecule has 2 heteroatoms. The molecular formula is C46H31NO. The number of para-hydroxylation sites is 2. The van der Waals surface area contributed by atoms with Crippen LogP contribution in [-0.2, 0) is 0 Å². The summed E-state index contributed by atoms with van der Waals surface area (Å²) in [5.41, 5.74) is 12.3. The maximum Gasteiger partial charge on any atom is 0.135 e. The van der Waals surface area contributed by atoms with Gasteiger partial charge in [0.15, 0.2) is 0 Å². The molecule has 226 valence electrons. The molecule has 0 radical (unpaired) electrons. The van der Waals surface area contributed by atoms with Gasteiger partial charge < -0.3 is 9.32 Å². The fraction of sp³-hybridized carbons (Fsp3) is 0. The molecule has 0 aliphatic carbocycles. The minimum absolute atomic E-state index is 0.913. The summed E-state index contributed by atoms with van der Waals surface area (Å²) < 4.78 is 6.06. The molecule has 0 atom stereocenters. The maximum absolute atomic E-state index is 6.06. The average molecular weight is 614 g/mol. The molecule has 0 N–H and O–H groups in total. The number of hydrogen-bond acceptors (Lipinski definition) is 2. The first-order valence-electron chi connectivity index (χ1n) is 16.3. The minimum atomic E-state index is 0.913. The van der Waals surface area contributed by atoms with Gasteiger partial charge in [-0.3, -0.25) is 0 Å². The van der Waals surface area contributed by atoms with Crippen molar-refractivity contribution in [2.45, 2.75) is 0 Å². The van der Waals surface area contributed by atoms with E-state index < -0.39 is 0 Å². The van der Waals surface area contributed by atoms with Crippen molar-refractivity contribution >= 4 is 49.8 Å². The fourth-order valence-corrected chi connectivity index (χ4v) is 6.88. The highest BCUT2D eigenvalue weighted by Gasteiger charge is 2.14. The fourth-order valence-electron chi connectivity index (χ4n) is 6.88. The summed E-state index contributed by atoms with van der Waals surface area (Å²) >= 11 is 0. The second-order valence-electron chi connectivity index (χ2n) is 12.2. The monoisotopic (exact) mass is 613 g/mol. The molecule has 0 spiro atoms. The zero-order valence-electron chi connectivity index (χ0n) is 26.3. The van der Waals surface area contributed by atoms with Crippen LogP contribution in [0.15, 0.2) is 192 Å². The smallest absolute Gasteiger partial charge is 0.135 e. The van der Waals surface area contributed by atoms with E-state index in [4.69, 9.17) is 4.42 Å². The molecule has 0 amide bonds. The van der Waals surface area contributed by atoms with Gasteiger partial charge in [-0.15, -0.1) is 0 Å². The average Bonchev–Trinajstić information content (AvgIpc) is 3.54. The van der Waals surface area contributed by atoms with Gasteiger partial charge in [-0.05, 0) is 105 Å². The van der Waals surface area contributed by atoms with E-state index in [-0.39, 0.29) is 0 Å². The lowest BCUT2D eigenvalue weighted by atomic mass is 9.95. The zero-order valence-corrected chi connectivity index (χ0v) is 26.3. The van der Waals surface area contributed by atoms with Crippen molar-refractivity contribution < 1.29 is 4.42 Å². The Hall–Kier alpha value is -6.38. The number of anilines is 3. The van der Waals surface area contributed by atoms with Gasteiger partial charge in [-0.1, -0.05) is 127 Å². The van der Waals surface area contributed by atoms with E-state index in [0.717, 1.165) is 39.0 Å². The molecule has 0 unspecified atom stereocenters. The van der Waals surface area contributed by atoms with Crippen molar-refractivity contribution in [1.29, 1.82) is 0 Å². The number of rotatable bonds is 6. The molecule has 9 rings (SSSR count). The molecule has 0 aliphatic rings. The topological polar surface area (TPSA) is 16.4 Å². The van der Waals surface area contributed by atoms with Gasteiger partial charge in [0.1, 0.15) is 11.2 Å². The number of benzene rings is 8. The Balaban J connectivity index is 1.05. The summed E-state index contributed by atoms with van der Waals surface area (Å²) in [6.45, 7) is 0. The van der Waals surface area contributed by atoms with E-state index in [2.05, 4.69) is 181 Å². The number of hydrogen-bond donors (Lipinski definition) is 0.